The molecule has 5 atom stereocenters. The van der Waals surface area contributed by atoms with Crippen molar-refractivity contribution in [2.75, 3.05) is 20.8 Å². The Morgan fingerprint density at radius 3 is 1.67 bits per heavy atom. The second-order valence-electron chi connectivity index (χ2n) is 10.5. The van der Waals surface area contributed by atoms with Gasteiger partial charge in [0.25, 0.3) is 0 Å². The Hall–Kier alpha value is -4.25. The van der Waals surface area contributed by atoms with Gasteiger partial charge in [-0.15, -0.1) is 0 Å². The van der Waals surface area contributed by atoms with Gasteiger partial charge in [0.15, 0.2) is 11.5 Å². The monoisotopic (exact) mass is 614 g/mol. The fourth-order valence-corrected chi connectivity index (χ4v) is 5.12. The number of hydrogen-bond acceptors (Lipinski definition) is 9. The van der Waals surface area contributed by atoms with Gasteiger partial charge in [0.1, 0.15) is 24.4 Å². The highest BCUT2D eigenvalue weighted by Crippen LogP contribution is 2.35. The lowest BCUT2D eigenvalue weighted by Gasteiger charge is -2.45. The Morgan fingerprint density at radius 2 is 1.18 bits per heavy atom. The van der Waals surface area contributed by atoms with Crippen LogP contribution in [0.3, 0.4) is 0 Å². The fourth-order valence-electron chi connectivity index (χ4n) is 5.12. The largest absolute Gasteiger partial charge is 0.493 e. The smallest absolute Gasteiger partial charge is 0.337 e. The van der Waals surface area contributed by atoms with E-state index in [1.165, 1.54) is 20.3 Å². The minimum atomic E-state index is -1.04. The Morgan fingerprint density at radius 1 is 0.667 bits per heavy atom. The summed E-state index contributed by atoms with van der Waals surface area (Å²) in [7, 11) is 2.79. The van der Waals surface area contributed by atoms with E-state index in [0.717, 1.165) is 16.7 Å². The number of ether oxygens (including phenoxy) is 7. The van der Waals surface area contributed by atoms with Crippen LogP contribution in [0.4, 0.5) is 0 Å². The molecule has 1 fully saturated rings. The molecule has 0 aromatic heterocycles. The molecule has 1 heterocycles. The number of esters is 1. The zero-order chi connectivity index (χ0) is 31.4. The van der Waals surface area contributed by atoms with E-state index in [4.69, 9.17) is 33.2 Å². The van der Waals surface area contributed by atoms with Crippen LogP contribution in [0.2, 0.25) is 0 Å². The van der Waals surface area contributed by atoms with Crippen molar-refractivity contribution in [1.82, 2.24) is 0 Å². The van der Waals surface area contributed by atoms with Crippen molar-refractivity contribution in [1.29, 1.82) is 0 Å². The first-order chi connectivity index (χ1) is 22.1. The molecule has 0 unspecified atom stereocenters. The maximum Gasteiger partial charge on any atom is 0.337 e. The highest BCUT2D eigenvalue weighted by molar-refractivity contribution is 5.90. The third-order valence-electron chi connectivity index (χ3n) is 7.45. The van der Waals surface area contributed by atoms with Gasteiger partial charge in [0.05, 0.1) is 46.2 Å². The molecule has 0 spiro atoms. The van der Waals surface area contributed by atoms with Crippen LogP contribution in [0.15, 0.2) is 109 Å². The number of hydrogen-bond donors (Lipinski definition) is 1. The standard InChI is InChI=1S/C36H38O9/c1-39-30-20-28(35(38)40-2)18-19-29(30)44-36-34(43-24-27-16-10-5-11-17-27)33(42-23-26-14-8-4-9-15-26)32(31(21-37)45-36)41-22-25-12-6-3-7-13-25/h3-20,31-34,36-37H,21-24H2,1-2H3/t31-,32-,33+,34-,36-/m1/s1. The molecule has 4 aromatic rings. The van der Waals surface area contributed by atoms with Gasteiger partial charge >= 0.3 is 5.97 Å². The Labute approximate surface area is 263 Å². The van der Waals surface area contributed by atoms with Gasteiger partial charge in [-0.25, -0.2) is 4.79 Å². The average Bonchev–Trinajstić information content (AvgIpc) is 3.10. The van der Waals surface area contributed by atoms with Crippen molar-refractivity contribution >= 4 is 5.97 Å². The minimum Gasteiger partial charge on any atom is -0.493 e. The molecule has 9 nitrogen and oxygen atoms in total. The lowest BCUT2D eigenvalue weighted by atomic mass is 9.97. The molecule has 45 heavy (non-hydrogen) atoms. The first-order valence-corrected chi connectivity index (χ1v) is 14.8. The van der Waals surface area contributed by atoms with E-state index in [1.807, 2.05) is 91.0 Å². The SMILES string of the molecule is COC(=O)c1ccc(O[C@@H]2O[C@H](CO)[C@@H](OCc3ccccc3)[C@H](OCc3ccccc3)[C@H]2OCc2ccccc2)c(OC)c1. The molecule has 1 saturated heterocycles. The minimum absolute atomic E-state index is 0.244. The molecule has 4 aromatic carbocycles. The van der Waals surface area contributed by atoms with Crippen LogP contribution in [0.1, 0.15) is 27.0 Å². The summed E-state index contributed by atoms with van der Waals surface area (Å²) in [5.74, 6) is 0.102. The van der Waals surface area contributed by atoms with E-state index in [2.05, 4.69) is 0 Å². The molecule has 0 radical (unpaired) electrons. The van der Waals surface area contributed by atoms with E-state index in [-0.39, 0.29) is 26.4 Å². The van der Waals surface area contributed by atoms with E-state index < -0.39 is 36.7 Å². The molecule has 0 saturated carbocycles. The first kappa shape index (κ1) is 32.2. The molecule has 1 aliphatic rings. The van der Waals surface area contributed by atoms with Crippen LogP contribution in [0, 0.1) is 0 Å². The van der Waals surface area contributed by atoms with Crippen molar-refractivity contribution < 1.29 is 43.1 Å². The molecule has 0 bridgehead atoms. The topological polar surface area (TPSA) is 102 Å². The van der Waals surface area contributed by atoms with Gasteiger partial charge in [-0.3, -0.25) is 0 Å². The molecule has 1 N–H and O–H groups in total. The first-order valence-electron chi connectivity index (χ1n) is 14.8. The summed E-state index contributed by atoms with van der Waals surface area (Å²) in [5, 5.41) is 10.5. The number of carbonyl (C=O) groups excluding carboxylic acids is 1. The van der Waals surface area contributed by atoms with E-state index in [9.17, 15) is 9.90 Å². The maximum atomic E-state index is 12.1. The van der Waals surface area contributed by atoms with Gasteiger partial charge in [-0.2, -0.15) is 0 Å². The third-order valence-corrected chi connectivity index (χ3v) is 7.45. The van der Waals surface area contributed by atoms with E-state index >= 15 is 0 Å². The molecule has 0 amide bonds. The van der Waals surface area contributed by atoms with Gasteiger partial charge in [-0.1, -0.05) is 91.0 Å². The second kappa shape index (κ2) is 16.2. The molecule has 236 valence electrons. The Balaban J connectivity index is 1.48. The number of aliphatic hydroxyl groups excluding tert-OH is 1. The molecular formula is C36H38O9. The van der Waals surface area contributed by atoms with Gasteiger partial charge in [0, 0.05) is 0 Å². The van der Waals surface area contributed by atoms with Gasteiger partial charge in [-0.05, 0) is 34.9 Å². The fraction of sp³-hybridized carbons (Fsp3) is 0.306. The summed E-state index contributed by atoms with van der Waals surface area (Å²) in [6.45, 7) is 0.433. The highest BCUT2D eigenvalue weighted by atomic mass is 16.7. The Kier molecular flexibility index (Phi) is 11.6. The molecule has 1 aliphatic heterocycles. The van der Waals surface area contributed by atoms with Crippen LogP contribution in [0.5, 0.6) is 11.5 Å². The zero-order valence-corrected chi connectivity index (χ0v) is 25.3. The van der Waals surface area contributed by atoms with Crippen LogP contribution in [-0.2, 0) is 43.5 Å². The summed E-state index contributed by atoms with van der Waals surface area (Å²) in [6, 6.07) is 34.0. The predicted molar refractivity (Wildman–Crippen MR) is 166 cm³/mol. The quantitative estimate of drug-likeness (QED) is 0.189. The summed E-state index contributed by atoms with van der Waals surface area (Å²) in [5.41, 5.74) is 3.18. The molecule has 5 rings (SSSR count). The molecule has 9 heteroatoms. The normalized spacial score (nSPS) is 21.2. The Bertz CT molecular complexity index is 1470. The summed E-state index contributed by atoms with van der Waals surface area (Å²) >= 11 is 0. The molecule has 0 aliphatic carbocycles. The number of benzene rings is 4. The average molecular weight is 615 g/mol. The number of methoxy groups -OCH3 is 2. The van der Waals surface area contributed by atoms with E-state index in [1.54, 1.807) is 12.1 Å². The number of rotatable bonds is 14. The number of carbonyl (C=O) groups is 1. The maximum absolute atomic E-state index is 12.1. The highest BCUT2D eigenvalue weighted by Gasteiger charge is 2.49. The van der Waals surface area contributed by atoms with Crippen LogP contribution >= 0.6 is 0 Å². The van der Waals surface area contributed by atoms with Crippen molar-refractivity contribution in [3.63, 3.8) is 0 Å². The van der Waals surface area contributed by atoms with Crippen molar-refractivity contribution in [2.24, 2.45) is 0 Å². The lowest BCUT2D eigenvalue weighted by Crippen LogP contribution is -2.62. The van der Waals surface area contributed by atoms with Gasteiger partial charge in [0.2, 0.25) is 6.29 Å². The number of aliphatic hydroxyl groups is 1. The van der Waals surface area contributed by atoms with Crippen molar-refractivity contribution in [3.05, 3.63) is 131 Å². The summed E-state index contributed by atoms with van der Waals surface area (Å²) in [6.07, 6.45) is -4.07. The second-order valence-corrected chi connectivity index (χ2v) is 10.5. The summed E-state index contributed by atoms with van der Waals surface area (Å²) in [4.78, 5) is 12.1. The zero-order valence-electron chi connectivity index (χ0n) is 25.3. The molecular weight excluding hydrogens is 576 g/mol. The lowest BCUT2D eigenvalue weighted by molar-refractivity contribution is -0.308. The van der Waals surface area contributed by atoms with Crippen LogP contribution in [-0.4, -0.2) is 62.6 Å². The van der Waals surface area contributed by atoms with Crippen molar-refractivity contribution in [2.45, 2.75) is 50.5 Å². The van der Waals surface area contributed by atoms with Crippen molar-refractivity contribution in [3.8, 4) is 11.5 Å². The van der Waals surface area contributed by atoms with Gasteiger partial charge < -0.3 is 38.3 Å². The van der Waals surface area contributed by atoms with E-state index in [0.29, 0.717) is 17.1 Å². The predicted octanol–water partition coefficient (Wildman–Crippen LogP) is 5.33. The summed E-state index contributed by atoms with van der Waals surface area (Å²) < 4.78 is 42.7. The van der Waals surface area contributed by atoms with Crippen LogP contribution < -0.4 is 9.47 Å². The third kappa shape index (κ3) is 8.48. The van der Waals surface area contributed by atoms with Crippen LogP contribution in [0.25, 0.3) is 0 Å².